The molecule has 2 aromatic carbocycles. The van der Waals surface area contributed by atoms with E-state index in [2.05, 4.69) is 0 Å². The zero-order chi connectivity index (χ0) is 12.3. The van der Waals surface area contributed by atoms with Crippen molar-refractivity contribution in [3.8, 4) is 16.9 Å². The first-order chi connectivity index (χ1) is 8.15. The molecule has 0 heterocycles. The van der Waals surface area contributed by atoms with Crippen LogP contribution in [0.15, 0.2) is 48.5 Å². The van der Waals surface area contributed by atoms with Gasteiger partial charge in [0, 0.05) is 12.6 Å². The molecule has 0 fully saturated rings. The number of nitrogens with two attached hydrogens (primary N) is 1. The van der Waals surface area contributed by atoms with Crippen molar-refractivity contribution in [1.82, 2.24) is 0 Å². The van der Waals surface area contributed by atoms with Gasteiger partial charge in [0.2, 0.25) is 0 Å². The van der Waals surface area contributed by atoms with Crippen molar-refractivity contribution in [3.05, 3.63) is 48.5 Å². The minimum absolute atomic E-state index is 0.318. The number of hydrogen-bond acceptors (Lipinski definition) is 3. The molecule has 3 heteroatoms. The lowest BCUT2D eigenvalue weighted by molar-refractivity contribution is -0.131. The van der Waals surface area contributed by atoms with Gasteiger partial charge in [0.15, 0.2) is 0 Å². The topological polar surface area (TPSA) is 52.3 Å². The SMILES string of the molecule is CC(=O)Oc1ccc(-c2cccc(N)c2)cc1. The van der Waals surface area contributed by atoms with Crippen molar-refractivity contribution in [2.75, 3.05) is 5.73 Å². The summed E-state index contributed by atoms with van der Waals surface area (Å²) in [6.07, 6.45) is 0. The third kappa shape index (κ3) is 2.84. The molecule has 0 unspecified atom stereocenters. The maximum absolute atomic E-state index is 10.8. The molecular formula is C14H13NO2. The minimum Gasteiger partial charge on any atom is -0.427 e. The van der Waals surface area contributed by atoms with Gasteiger partial charge in [0.1, 0.15) is 5.75 Å². The lowest BCUT2D eigenvalue weighted by Crippen LogP contribution is -2.00. The Bertz CT molecular complexity index is 532. The number of ether oxygens (including phenoxy) is 1. The Morgan fingerprint density at radius 3 is 2.35 bits per heavy atom. The predicted molar refractivity (Wildman–Crippen MR) is 67.6 cm³/mol. The fourth-order valence-electron chi connectivity index (χ4n) is 1.60. The summed E-state index contributed by atoms with van der Waals surface area (Å²) in [6, 6.07) is 15.0. The lowest BCUT2D eigenvalue weighted by atomic mass is 10.1. The van der Waals surface area contributed by atoms with Crippen LogP contribution in [0.2, 0.25) is 0 Å². The van der Waals surface area contributed by atoms with Gasteiger partial charge in [-0.3, -0.25) is 4.79 Å². The van der Waals surface area contributed by atoms with Crippen molar-refractivity contribution in [1.29, 1.82) is 0 Å². The van der Waals surface area contributed by atoms with Crippen molar-refractivity contribution in [2.24, 2.45) is 0 Å². The Morgan fingerprint density at radius 2 is 1.76 bits per heavy atom. The maximum Gasteiger partial charge on any atom is 0.308 e. The second-order valence-electron chi connectivity index (χ2n) is 3.74. The third-order valence-corrected chi connectivity index (χ3v) is 2.34. The van der Waals surface area contributed by atoms with Gasteiger partial charge in [0.25, 0.3) is 0 Å². The highest BCUT2D eigenvalue weighted by atomic mass is 16.5. The van der Waals surface area contributed by atoms with Crippen molar-refractivity contribution in [3.63, 3.8) is 0 Å². The van der Waals surface area contributed by atoms with E-state index in [0.717, 1.165) is 16.8 Å². The van der Waals surface area contributed by atoms with E-state index in [1.165, 1.54) is 6.92 Å². The van der Waals surface area contributed by atoms with E-state index in [1.54, 1.807) is 12.1 Å². The minimum atomic E-state index is -0.318. The summed E-state index contributed by atoms with van der Waals surface area (Å²) in [5, 5.41) is 0. The Balaban J connectivity index is 2.26. The Kier molecular flexibility index (Phi) is 3.10. The number of carbonyl (C=O) groups excluding carboxylic acids is 1. The standard InChI is InChI=1S/C14H13NO2/c1-10(16)17-14-7-5-11(6-8-14)12-3-2-4-13(15)9-12/h2-9H,15H2,1H3. The van der Waals surface area contributed by atoms with E-state index in [0.29, 0.717) is 5.75 Å². The quantitative estimate of drug-likeness (QED) is 0.487. The molecule has 0 atom stereocenters. The zero-order valence-electron chi connectivity index (χ0n) is 9.51. The highest BCUT2D eigenvalue weighted by Gasteiger charge is 2.00. The van der Waals surface area contributed by atoms with Gasteiger partial charge >= 0.3 is 5.97 Å². The molecule has 17 heavy (non-hydrogen) atoms. The molecule has 0 spiro atoms. The molecule has 0 aromatic heterocycles. The fraction of sp³-hybridized carbons (Fsp3) is 0.0714. The van der Waals surface area contributed by atoms with Crippen LogP contribution in [-0.4, -0.2) is 5.97 Å². The molecule has 0 aliphatic rings. The molecule has 0 amide bonds. The summed E-state index contributed by atoms with van der Waals surface area (Å²) >= 11 is 0. The molecule has 0 bridgehead atoms. The number of esters is 1. The summed E-state index contributed by atoms with van der Waals surface area (Å²) in [5.41, 5.74) is 8.53. The van der Waals surface area contributed by atoms with Gasteiger partial charge in [0.05, 0.1) is 0 Å². The van der Waals surface area contributed by atoms with Crippen molar-refractivity contribution >= 4 is 11.7 Å². The maximum atomic E-state index is 10.8. The normalized spacial score (nSPS) is 9.94. The van der Waals surface area contributed by atoms with Crippen molar-refractivity contribution in [2.45, 2.75) is 6.92 Å². The molecule has 0 saturated carbocycles. The van der Waals surface area contributed by atoms with Crippen molar-refractivity contribution < 1.29 is 9.53 Å². The molecule has 0 aliphatic heterocycles. The first-order valence-corrected chi connectivity index (χ1v) is 5.29. The number of anilines is 1. The summed E-state index contributed by atoms with van der Waals surface area (Å²) in [7, 11) is 0. The van der Waals surface area contributed by atoms with E-state index in [9.17, 15) is 4.79 Å². The van der Waals surface area contributed by atoms with Gasteiger partial charge in [-0.15, -0.1) is 0 Å². The number of nitrogen functional groups attached to an aromatic ring is 1. The van der Waals surface area contributed by atoms with Gasteiger partial charge in [-0.05, 0) is 35.4 Å². The van der Waals surface area contributed by atoms with Crippen LogP contribution in [0.25, 0.3) is 11.1 Å². The molecule has 0 aliphatic carbocycles. The van der Waals surface area contributed by atoms with Crippen LogP contribution in [0, 0.1) is 0 Å². The molecule has 2 rings (SSSR count). The molecule has 3 nitrogen and oxygen atoms in total. The second-order valence-corrected chi connectivity index (χ2v) is 3.74. The number of benzene rings is 2. The van der Waals surface area contributed by atoms with E-state index in [4.69, 9.17) is 10.5 Å². The van der Waals surface area contributed by atoms with Gasteiger partial charge < -0.3 is 10.5 Å². The van der Waals surface area contributed by atoms with Gasteiger partial charge in [-0.1, -0.05) is 24.3 Å². The molecule has 2 aromatic rings. The second kappa shape index (κ2) is 4.70. The fourth-order valence-corrected chi connectivity index (χ4v) is 1.60. The third-order valence-electron chi connectivity index (χ3n) is 2.34. The smallest absolute Gasteiger partial charge is 0.308 e. The van der Waals surface area contributed by atoms with Crippen LogP contribution in [0.3, 0.4) is 0 Å². The largest absolute Gasteiger partial charge is 0.427 e. The summed E-state index contributed by atoms with van der Waals surface area (Å²) in [4.78, 5) is 10.8. The van der Waals surface area contributed by atoms with Crippen LogP contribution in [0.1, 0.15) is 6.92 Å². The van der Waals surface area contributed by atoms with E-state index < -0.39 is 0 Å². The highest BCUT2D eigenvalue weighted by Crippen LogP contribution is 2.23. The zero-order valence-corrected chi connectivity index (χ0v) is 9.51. The van der Waals surface area contributed by atoms with E-state index in [-0.39, 0.29) is 5.97 Å². The average molecular weight is 227 g/mol. The number of rotatable bonds is 2. The molecule has 2 N–H and O–H groups in total. The molecule has 0 saturated heterocycles. The van der Waals surface area contributed by atoms with Crippen LogP contribution in [0.4, 0.5) is 5.69 Å². The van der Waals surface area contributed by atoms with Crippen LogP contribution >= 0.6 is 0 Å². The monoisotopic (exact) mass is 227 g/mol. The molecular weight excluding hydrogens is 214 g/mol. The summed E-state index contributed by atoms with van der Waals surface area (Å²) in [5.74, 6) is 0.229. The first-order valence-electron chi connectivity index (χ1n) is 5.29. The van der Waals surface area contributed by atoms with E-state index in [1.807, 2.05) is 36.4 Å². The Hall–Kier alpha value is -2.29. The summed E-state index contributed by atoms with van der Waals surface area (Å²) < 4.78 is 4.97. The summed E-state index contributed by atoms with van der Waals surface area (Å²) in [6.45, 7) is 1.38. The Labute approximate surface area is 99.8 Å². The highest BCUT2D eigenvalue weighted by molar-refractivity contribution is 5.71. The molecule has 0 radical (unpaired) electrons. The predicted octanol–water partition coefficient (Wildman–Crippen LogP) is 2.86. The van der Waals surface area contributed by atoms with Crippen LogP contribution in [0.5, 0.6) is 5.75 Å². The first kappa shape index (κ1) is 11.2. The van der Waals surface area contributed by atoms with Gasteiger partial charge in [-0.2, -0.15) is 0 Å². The van der Waals surface area contributed by atoms with Gasteiger partial charge in [-0.25, -0.2) is 0 Å². The average Bonchev–Trinajstić information content (AvgIpc) is 2.29. The number of carbonyl (C=O) groups is 1. The van der Waals surface area contributed by atoms with Crippen LogP contribution in [-0.2, 0) is 4.79 Å². The molecule has 86 valence electrons. The number of hydrogen-bond donors (Lipinski definition) is 1. The lowest BCUT2D eigenvalue weighted by Gasteiger charge is -2.05. The Morgan fingerprint density at radius 1 is 1.06 bits per heavy atom. The van der Waals surface area contributed by atoms with Crippen LogP contribution < -0.4 is 10.5 Å². The van der Waals surface area contributed by atoms with E-state index >= 15 is 0 Å².